The average Bonchev–Trinajstić information content (AvgIpc) is 2.33. The van der Waals surface area contributed by atoms with Gasteiger partial charge in [0.15, 0.2) is 13.9 Å². The van der Waals surface area contributed by atoms with Gasteiger partial charge in [0, 0.05) is 0 Å². The second-order valence-corrected chi connectivity index (χ2v) is 19.6. The summed E-state index contributed by atoms with van der Waals surface area (Å²) in [4.78, 5) is 0. The summed E-state index contributed by atoms with van der Waals surface area (Å²) in [5.41, 5.74) is -0.939. The highest BCUT2D eigenvalue weighted by atomic mass is 28.4. The summed E-state index contributed by atoms with van der Waals surface area (Å²) in [5, 5.41) is 10.1. The van der Waals surface area contributed by atoms with E-state index in [2.05, 4.69) is 73.8 Å². The van der Waals surface area contributed by atoms with Gasteiger partial charge >= 0.3 is 0 Å². The molecule has 0 aromatic heterocycles. The van der Waals surface area contributed by atoms with Crippen LogP contribution in [-0.4, -0.2) is 22.2 Å². The molecule has 0 N–H and O–H groups in total. The lowest BCUT2D eigenvalue weighted by Gasteiger charge is -2.43. The Hall–Kier alpha value is -0.576. The number of nitrogens with zero attached hydrogens (tertiary/aromatic N) is 1. The number of hydrogen-bond donors (Lipinski definition) is 0. The number of nitriles is 1. The third-order valence-corrected chi connectivity index (χ3v) is 14.5. The Balaban J connectivity index is 5.60. The van der Waals surface area contributed by atoms with Gasteiger partial charge in [-0.1, -0.05) is 55.4 Å². The lowest BCUT2D eigenvalue weighted by molar-refractivity contribution is 0.108. The van der Waals surface area contributed by atoms with Crippen molar-refractivity contribution >= 4 is 16.6 Å². The van der Waals surface area contributed by atoms with E-state index in [0.29, 0.717) is 0 Å². The smallest absolute Gasteiger partial charge is 0.249 e. The molecule has 0 aliphatic rings. The highest BCUT2D eigenvalue weighted by Gasteiger charge is 2.46. The van der Waals surface area contributed by atoms with E-state index < -0.39 is 22.2 Å². The van der Waals surface area contributed by atoms with E-state index in [-0.39, 0.29) is 16.0 Å². The van der Waals surface area contributed by atoms with Crippen LogP contribution in [0.4, 0.5) is 0 Å². The third-order valence-electron chi connectivity index (χ3n) is 5.75. The molecule has 5 heteroatoms. The van der Waals surface area contributed by atoms with E-state index in [1.165, 1.54) is 0 Å². The maximum Gasteiger partial charge on any atom is 0.249 e. The van der Waals surface area contributed by atoms with Gasteiger partial charge in [0.1, 0.15) is 6.07 Å². The largest absolute Gasteiger partial charge is 0.549 e. The van der Waals surface area contributed by atoms with Crippen molar-refractivity contribution in [3.8, 4) is 6.07 Å². The molecule has 0 saturated carbocycles. The lowest BCUT2D eigenvalue weighted by Crippen LogP contribution is -2.50. The minimum Gasteiger partial charge on any atom is -0.549 e. The van der Waals surface area contributed by atoms with Gasteiger partial charge in [-0.15, -0.1) is 0 Å². The predicted molar refractivity (Wildman–Crippen MR) is 109 cm³/mol. The van der Waals surface area contributed by atoms with Crippen LogP contribution in [0.1, 0.15) is 55.4 Å². The summed E-state index contributed by atoms with van der Waals surface area (Å²) >= 11 is 0. The molecule has 0 heterocycles. The van der Waals surface area contributed by atoms with Crippen LogP contribution in [0.15, 0.2) is 12.3 Å². The first kappa shape index (κ1) is 23.4. The SMILES string of the molecule is CC(C)C(C#N)(C=CO[Si](C)(C)C(C)(C)C)O[Si](C)(C)C(C)(C)C. The van der Waals surface area contributed by atoms with Crippen molar-refractivity contribution in [1.82, 2.24) is 0 Å². The van der Waals surface area contributed by atoms with E-state index in [1.54, 1.807) is 6.26 Å². The maximum atomic E-state index is 9.92. The van der Waals surface area contributed by atoms with Crippen molar-refractivity contribution in [3.63, 3.8) is 0 Å². The molecular formula is C19H39NO2Si2. The van der Waals surface area contributed by atoms with Crippen LogP contribution in [0.25, 0.3) is 0 Å². The van der Waals surface area contributed by atoms with E-state index in [4.69, 9.17) is 8.85 Å². The van der Waals surface area contributed by atoms with E-state index >= 15 is 0 Å². The summed E-state index contributed by atoms with van der Waals surface area (Å²) in [7, 11) is -3.96. The predicted octanol–water partition coefficient (Wildman–Crippen LogP) is 6.46. The van der Waals surface area contributed by atoms with Gasteiger partial charge in [-0.05, 0) is 48.3 Å². The molecule has 0 aromatic carbocycles. The fourth-order valence-corrected chi connectivity index (χ4v) is 3.85. The summed E-state index contributed by atoms with van der Waals surface area (Å²) in [6, 6.07) is 2.43. The molecular weight excluding hydrogens is 330 g/mol. The maximum absolute atomic E-state index is 9.92. The van der Waals surface area contributed by atoms with Crippen molar-refractivity contribution in [2.24, 2.45) is 5.92 Å². The normalized spacial score (nSPS) is 17.0. The summed E-state index contributed by atoms with van der Waals surface area (Å²) in [6.07, 6.45) is 3.58. The molecule has 0 radical (unpaired) electrons. The monoisotopic (exact) mass is 369 g/mol. The van der Waals surface area contributed by atoms with E-state index in [1.807, 2.05) is 19.9 Å². The van der Waals surface area contributed by atoms with Gasteiger partial charge in [0.05, 0.1) is 6.26 Å². The Bertz CT molecular complexity index is 491. The molecule has 0 aliphatic heterocycles. The minimum absolute atomic E-state index is 0.0518. The molecule has 0 bridgehead atoms. The topological polar surface area (TPSA) is 42.2 Å². The molecule has 1 unspecified atom stereocenters. The fraction of sp³-hybridized carbons (Fsp3) is 0.842. The quantitative estimate of drug-likeness (QED) is 0.398. The molecule has 24 heavy (non-hydrogen) atoms. The highest BCUT2D eigenvalue weighted by Crippen LogP contribution is 2.41. The number of hydrogen-bond acceptors (Lipinski definition) is 3. The molecule has 0 rings (SSSR count). The van der Waals surface area contributed by atoms with Gasteiger partial charge in [0.25, 0.3) is 0 Å². The summed E-state index contributed by atoms with van der Waals surface area (Å²) < 4.78 is 12.7. The summed E-state index contributed by atoms with van der Waals surface area (Å²) in [6.45, 7) is 26.0. The molecule has 0 saturated heterocycles. The third kappa shape index (κ3) is 5.47. The Morgan fingerprint density at radius 3 is 1.58 bits per heavy atom. The Morgan fingerprint density at radius 2 is 1.29 bits per heavy atom. The van der Waals surface area contributed by atoms with Gasteiger partial charge in [0.2, 0.25) is 8.32 Å². The van der Waals surface area contributed by atoms with E-state index in [0.717, 1.165) is 0 Å². The molecule has 0 fully saturated rings. The molecule has 0 aliphatic carbocycles. The van der Waals surface area contributed by atoms with Gasteiger partial charge in [-0.25, -0.2) is 0 Å². The van der Waals surface area contributed by atoms with Crippen LogP contribution in [-0.2, 0) is 8.85 Å². The van der Waals surface area contributed by atoms with Crippen LogP contribution in [0.2, 0.25) is 36.3 Å². The van der Waals surface area contributed by atoms with Crippen molar-refractivity contribution in [1.29, 1.82) is 5.26 Å². The van der Waals surface area contributed by atoms with Crippen LogP contribution >= 0.6 is 0 Å². The van der Waals surface area contributed by atoms with Crippen molar-refractivity contribution in [3.05, 3.63) is 12.3 Å². The van der Waals surface area contributed by atoms with Gasteiger partial charge < -0.3 is 8.85 Å². The second kappa shape index (κ2) is 7.35. The second-order valence-electron chi connectivity index (χ2n) is 10.1. The standard InChI is InChI=1S/C19H39NO2Si2/c1-16(2)19(15-20,22-24(11,12)18(6,7)8)13-14-21-23(9,10)17(3,4)5/h13-14,16H,1-12H3. The van der Waals surface area contributed by atoms with Gasteiger partial charge in [-0.3, -0.25) is 0 Å². The highest BCUT2D eigenvalue weighted by molar-refractivity contribution is 6.74. The van der Waals surface area contributed by atoms with Crippen molar-refractivity contribution in [2.45, 2.75) is 97.3 Å². The molecule has 0 spiro atoms. The zero-order chi connectivity index (χ0) is 19.6. The van der Waals surface area contributed by atoms with E-state index in [9.17, 15) is 5.26 Å². The molecule has 3 nitrogen and oxygen atoms in total. The van der Waals surface area contributed by atoms with Crippen molar-refractivity contribution < 1.29 is 8.85 Å². The average molecular weight is 370 g/mol. The van der Waals surface area contributed by atoms with Gasteiger partial charge in [-0.2, -0.15) is 5.26 Å². The number of rotatable bonds is 6. The first-order valence-corrected chi connectivity index (χ1v) is 14.7. The van der Waals surface area contributed by atoms with Crippen molar-refractivity contribution in [2.75, 3.05) is 0 Å². The first-order valence-electron chi connectivity index (χ1n) is 8.89. The molecule has 140 valence electrons. The Kier molecular flexibility index (Phi) is 7.17. The molecule has 0 amide bonds. The zero-order valence-corrected chi connectivity index (χ0v) is 20.0. The molecule has 1 atom stereocenters. The van der Waals surface area contributed by atoms with Crippen LogP contribution in [0, 0.1) is 17.2 Å². The minimum atomic E-state index is -2.07. The van der Waals surface area contributed by atoms with Crippen LogP contribution in [0.5, 0.6) is 0 Å². The summed E-state index contributed by atoms with van der Waals surface area (Å²) in [5.74, 6) is 0.0518. The lowest BCUT2D eigenvalue weighted by atomic mass is 9.92. The Labute approximate surface area is 152 Å². The fourth-order valence-electron chi connectivity index (χ4n) is 1.59. The zero-order valence-electron chi connectivity index (χ0n) is 18.0. The first-order chi connectivity index (χ1) is 10.4. The molecule has 0 aromatic rings. The van der Waals surface area contributed by atoms with Crippen LogP contribution in [0.3, 0.4) is 0 Å². The Morgan fingerprint density at radius 1 is 0.875 bits per heavy atom. The van der Waals surface area contributed by atoms with Crippen LogP contribution < -0.4 is 0 Å².